The number of nitrogens with one attached hydrogen (secondary N) is 1. The number of likely N-dealkylation sites (N-methyl/N-ethyl adjacent to an activating group) is 1. The molecule has 2 fully saturated rings. The summed E-state index contributed by atoms with van der Waals surface area (Å²) in [6, 6.07) is 0.273. The van der Waals surface area contributed by atoms with E-state index in [0.29, 0.717) is 19.6 Å². The van der Waals surface area contributed by atoms with Crippen molar-refractivity contribution in [2.24, 2.45) is 0 Å². The number of hydrogen-bond donors (Lipinski definition) is 2. The fraction of sp³-hybridized carbons (Fsp3) is 0.857. The van der Waals surface area contributed by atoms with Crippen molar-refractivity contribution in [3.05, 3.63) is 0 Å². The van der Waals surface area contributed by atoms with Gasteiger partial charge in [-0.3, -0.25) is 9.69 Å². The number of piperidine rings is 1. The molecule has 0 aromatic carbocycles. The largest absolute Gasteiger partial charge is 0.481 e. The van der Waals surface area contributed by atoms with E-state index in [9.17, 15) is 9.59 Å². The summed E-state index contributed by atoms with van der Waals surface area (Å²) in [6.45, 7) is 5.45. The first-order valence-corrected chi connectivity index (χ1v) is 7.72. The molecule has 1 atom stereocenters. The highest BCUT2D eigenvalue weighted by atomic mass is 16.4. The molecule has 2 amide bonds. The number of hydrogen-bond acceptors (Lipinski definition) is 4. The molecular formula is C14H26N4O3. The molecule has 0 aromatic heterocycles. The second kappa shape index (κ2) is 7.61. The van der Waals surface area contributed by atoms with Crippen LogP contribution in [0.3, 0.4) is 0 Å². The average Bonchev–Trinajstić information content (AvgIpc) is 2.45. The Hall–Kier alpha value is -1.34. The van der Waals surface area contributed by atoms with E-state index in [1.54, 1.807) is 0 Å². The number of amides is 2. The highest BCUT2D eigenvalue weighted by Gasteiger charge is 2.24. The van der Waals surface area contributed by atoms with Crippen molar-refractivity contribution in [3.8, 4) is 0 Å². The predicted molar refractivity (Wildman–Crippen MR) is 79.3 cm³/mol. The molecule has 120 valence electrons. The molecule has 0 spiro atoms. The van der Waals surface area contributed by atoms with Crippen LogP contribution in [-0.4, -0.2) is 90.7 Å². The van der Waals surface area contributed by atoms with Crippen LogP contribution in [0.1, 0.15) is 19.3 Å². The van der Waals surface area contributed by atoms with Crippen LogP contribution in [0.4, 0.5) is 4.79 Å². The summed E-state index contributed by atoms with van der Waals surface area (Å²) in [4.78, 5) is 29.0. The van der Waals surface area contributed by atoms with E-state index in [4.69, 9.17) is 5.11 Å². The van der Waals surface area contributed by atoms with Crippen LogP contribution in [0.5, 0.6) is 0 Å². The lowest BCUT2D eigenvalue weighted by molar-refractivity contribution is -0.137. The lowest BCUT2D eigenvalue weighted by Crippen LogP contribution is -2.55. The lowest BCUT2D eigenvalue weighted by atomic mass is 10.1. The summed E-state index contributed by atoms with van der Waals surface area (Å²) in [7, 11) is 2.08. The molecule has 0 bridgehead atoms. The first-order chi connectivity index (χ1) is 10.0. The van der Waals surface area contributed by atoms with Crippen LogP contribution in [0, 0.1) is 0 Å². The minimum absolute atomic E-state index is 0.0215. The van der Waals surface area contributed by atoms with E-state index in [0.717, 1.165) is 39.0 Å². The minimum Gasteiger partial charge on any atom is -0.481 e. The number of carbonyl (C=O) groups excluding carboxylic acids is 1. The maximum atomic E-state index is 12.2. The van der Waals surface area contributed by atoms with Crippen molar-refractivity contribution in [3.63, 3.8) is 0 Å². The van der Waals surface area contributed by atoms with Gasteiger partial charge in [-0.25, -0.2) is 4.79 Å². The van der Waals surface area contributed by atoms with Crippen molar-refractivity contribution in [1.82, 2.24) is 20.0 Å². The van der Waals surface area contributed by atoms with Gasteiger partial charge in [-0.05, 0) is 26.4 Å². The van der Waals surface area contributed by atoms with E-state index >= 15 is 0 Å². The van der Waals surface area contributed by atoms with Gasteiger partial charge in [0.1, 0.15) is 0 Å². The molecule has 2 heterocycles. The Labute approximate surface area is 125 Å². The molecule has 7 heteroatoms. The molecule has 0 aromatic rings. The Morgan fingerprint density at radius 3 is 2.52 bits per heavy atom. The van der Waals surface area contributed by atoms with E-state index in [1.807, 2.05) is 4.90 Å². The number of piperazine rings is 1. The van der Waals surface area contributed by atoms with Gasteiger partial charge in [-0.2, -0.15) is 0 Å². The zero-order valence-electron chi connectivity index (χ0n) is 12.8. The summed E-state index contributed by atoms with van der Waals surface area (Å²) < 4.78 is 0. The Morgan fingerprint density at radius 1 is 1.19 bits per heavy atom. The SMILES string of the molecule is CN1CCCC(NC(=O)N2CCN(CCC(=O)O)CC2)C1. The Morgan fingerprint density at radius 2 is 1.90 bits per heavy atom. The van der Waals surface area contributed by atoms with Gasteiger partial charge in [0.15, 0.2) is 0 Å². The smallest absolute Gasteiger partial charge is 0.317 e. The van der Waals surface area contributed by atoms with Gasteiger partial charge < -0.3 is 20.2 Å². The van der Waals surface area contributed by atoms with Crippen LogP contribution in [-0.2, 0) is 4.79 Å². The average molecular weight is 298 g/mol. The van der Waals surface area contributed by atoms with Crippen LogP contribution in [0.15, 0.2) is 0 Å². The molecule has 7 nitrogen and oxygen atoms in total. The van der Waals surface area contributed by atoms with Gasteiger partial charge in [0.2, 0.25) is 0 Å². The van der Waals surface area contributed by atoms with Crippen molar-refractivity contribution >= 4 is 12.0 Å². The third-order valence-corrected chi connectivity index (χ3v) is 4.25. The molecule has 2 aliphatic heterocycles. The number of carbonyl (C=O) groups is 2. The van der Waals surface area contributed by atoms with Crippen LogP contribution < -0.4 is 5.32 Å². The zero-order chi connectivity index (χ0) is 15.2. The maximum absolute atomic E-state index is 12.2. The molecule has 2 aliphatic rings. The lowest BCUT2D eigenvalue weighted by Gasteiger charge is -2.36. The number of carboxylic acid groups (broad SMARTS) is 1. The topological polar surface area (TPSA) is 76.1 Å². The molecule has 1 unspecified atom stereocenters. The van der Waals surface area contributed by atoms with Gasteiger partial charge in [0.25, 0.3) is 0 Å². The fourth-order valence-electron chi connectivity index (χ4n) is 2.98. The first-order valence-electron chi connectivity index (χ1n) is 7.72. The third kappa shape index (κ3) is 5.17. The first kappa shape index (κ1) is 16.0. The normalized spacial score (nSPS) is 24.8. The molecule has 2 rings (SSSR count). The summed E-state index contributed by atoms with van der Waals surface area (Å²) in [6.07, 6.45) is 2.35. The van der Waals surface area contributed by atoms with Gasteiger partial charge in [-0.15, -0.1) is 0 Å². The molecule has 0 aliphatic carbocycles. The number of aliphatic carboxylic acids is 1. The molecule has 0 saturated carbocycles. The molecule has 21 heavy (non-hydrogen) atoms. The van der Waals surface area contributed by atoms with Gasteiger partial charge in [0, 0.05) is 45.3 Å². The Bertz CT molecular complexity index is 369. The fourth-order valence-corrected chi connectivity index (χ4v) is 2.98. The van der Waals surface area contributed by atoms with E-state index < -0.39 is 5.97 Å². The number of likely N-dealkylation sites (tertiary alicyclic amines) is 1. The van der Waals surface area contributed by atoms with Gasteiger partial charge in [-0.1, -0.05) is 0 Å². The summed E-state index contributed by atoms with van der Waals surface area (Å²) in [5.74, 6) is -0.767. The highest BCUT2D eigenvalue weighted by Crippen LogP contribution is 2.09. The highest BCUT2D eigenvalue weighted by molar-refractivity contribution is 5.74. The zero-order valence-corrected chi connectivity index (χ0v) is 12.8. The van der Waals surface area contributed by atoms with Crippen molar-refractivity contribution in [1.29, 1.82) is 0 Å². The summed E-state index contributed by atoms with van der Waals surface area (Å²) in [5.41, 5.74) is 0. The minimum atomic E-state index is -0.767. The van der Waals surface area contributed by atoms with Crippen LogP contribution >= 0.6 is 0 Å². The molecule has 0 radical (unpaired) electrons. The van der Waals surface area contributed by atoms with Gasteiger partial charge >= 0.3 is 12.0 Å². The molecule has 2 saturated heterocycles. The van der Waals surface area contributed by atoms with Gasteiger partial charge in [0.05, 0.1) is 6.42 Å². The standard InChI is InChI=1S/C14H26N4O3/c1-16-5-2-3-12(11-16)15-14(21)18-9-7-17(8-10-18)6-4-13(19)20/h12H,2-11H2,1H3,(H,15,21)(H,19,20). The number of urea groups is 1. The second-order valence-electron chi connectivity index (χ2n) is 6.02. The molecule has 2 N–H and O–H groups in total. The van der Waals surface area contributed by atoms with Crippen LogP contribution in [0.25, 0.3) is 0 Å². The number of nitrogens with zero attached hydrogens (tertiary/aromatic N) is 3. The van der Waals surface area contributed by atoms with Crippen LogP contribution in [0.2, 0.25) is 0 Å². The number of carboxylic acids is 1. The third-order valence-electron chi connectivity index (χ3n) is 4.25. The number of rotatable bonds is 4. The second-order valence-corrected chi connectivity index (χ2v) is 6.02. The van der Waals surface area contributed by atoms with E-state index in [-0.39, 0.29) is 18.5 Å². The van der Waals surface area contributed by atoms with E-state index in [1.165, 1.54) is 0 Å². The monoisotopic (exact) mass is 298 g/mol. The summed E-state index contributed by atoms with van der Waals surface area (Å²) >= 11 is 0. The van der Waals surface area contributed by atoms with Crippen molar-refractivity contribution in [2.75, 3.05) is 52.9 Å². The molecular weight excluding hydrogens is 272 g/mol. The quantitative estimate of drug-likeness (QED) is 0.757. The van der Waals surface area contributed by atoms with E-state index in [2.05, 4.69) is 22.2 Å². The predicted octanol–water partition coefficient (Wildman–Crippen LogP) is -0.117. The van der Waals surface area contributed by atoms with Crippen molar-refractivity contribution < 1.29 is 14.7 Å². The Balaban J connectivity index is 1.69. The Kier molecular flexibility index (Phi) is 5.81. The maximum Gasteiger partial charge on any atom is 0.317 e. The summed E-state index contributed by atoms with van der Waals surface area (Å²) in [5, 5.41) is 11.8. The van der Waals surface area contributed by atoms with Crippen molar-refractivity contribution in [2.45, 2.75) is 25.3 Å².